The van der Waals surface area contributed by atoms with E-state index < -0.39 is 8.07 Å². The summed E-state index contributed by atoms with van der Waals surface area (Å²) in [4.78, 5) is 33.5. The molecule has 0 spiro atoms. The number of fused-ring (bicyclic) bond motifs is 3. The van der Waals surface area contributed by atoms with E-state index in [0.29, 0.717) is 19.3 Å². The number of hydrogen-bond donors (Lipinski definition) is 5. The van der Waals surface area contributed by atoms with Crippen LogP contribution < -0.4 is 31.9 Å². The van der Waals surface area contributed by atoms with E-state index in [0.717, 1.165) is 56.3 Å². The zero-order chi connectivity index (χ0) is 33.8. The van der Waals surface area contributed by atoms with Crippen molar-refractivity contribution in [1.29, 1.82) is 0 Å². The first kappa shape index (κ1) is 33.0. The zero-order valence-corrected chi connectivity index (χ0v) is 30.0. The van der Waals surface area contributed by atoms with Gasteiger partial charge in [0.2, 0.25) is 17.7 Å². The van der Waals surface area contributed by atoms with E-state index in [1.807, 2.05) is 96.1 Å². The van der Waals surface area contributed by atoms with E-state index in [9.17, 15) is 14.4 Å². The van der Waals surface area contributed by atoms with Crippen molar-refractivity contribution in [2.75, 3.05) is 21.0 Å². The number of halogens is 1. The molecule has 0 saturated heterocycles. The van der Waals surface area contributed by atoms with Gasteiger partial charge in [-0.05, 0) is 99.9 Å². The number of nitrogens with one attached hydrogen (secondary N) is 5. The van der Waals surface area contributed by atoms with Crippen molar-refractivity contribution in [1.82, 2.24) is 11.0 Å². The molecule has 4 aliphatic heterocycles. The predicted octanol–water partition coefficient (Wildman–Crippen LogP) is 6.20. The number of hydrazine groups is 2. The maximum absolute atomic E-state index is 11.4. The average molecular weight is 767 g/mol. The molecular formula is C37H35IN6O3Si. The molecule has 4 aromatic rings. The third kappa shape index (κ3) is 8.32. The van der Waals surface area contributed by atoms with Crippen molar-refractivity contribution in [3.63, 3.8) is 0 Å². The van der Waals surface area contributed by atoms with Gasteiger partial charge in [0.25, 0.3) is 0 Å². The lowest BCUT2D eigenvalue weighted by Crippen LogP contribution is -2.36. The highest BCUT2D eigenvalue weighted by Gasteiger charge is 2.21. The molecule has 9 nitrogen and oxygen atoms in total. The molecule has 0 atom stereocenters. The number of nitrogens with zero attached hydrogens (tertiary/aromatic N) is 1. The lowest BCUT2D eigenvalue weighted by Gasteiger charge is -2.14. The van der Waals surface area contributed by atoms with Crippen LogP contribution in [0.1, 0.15) is 27.8 Å². The summed E-state index contributed by atoms with van der Waals surface area (Å²) in [5.41, 5.74) is 19.7. The molecule has 3 amide bonds. The number of carbonyl (C=O) groups excluding carboxylic acids is 3. The molecule has 8 rings (SSSR count). The number of anilines is 4. The number of rotatable bonds is 2. The van der Waals surface area contributed by atoms with Crippen LogP contribution in [0.5, 0.6) is 0 Å². The molecule has 48 heavy (non-hydrogen) atoms. The number of hydrogen-bond acceptors (Lipinski definition) is 6. The molecule has 4 aliphatic rings. The molecule has 0 saturated carbocycles. The van der Waals surface area contributed by atoms with Crippen molar-refractivity contribution in [2.24, 2.45) is 0 Å². The average Bonchev–Trinajstić information content (AvgIpc) is 3.84. The fourth-order valence-corrected chi connectivity index (χ4v) is 6.42. The van der Waals surface area contributed by atoms with Crippen molar-refractivity contribution in [3.8, 4) is 11.5 Å². The third-order valence-corrected chi connectivity index (χ3v) is 9.20. The Kier molecular flexibility index (Phi) is 9.67. The molecule has 4 aromatic carbocycles. The summed E-state index contributed by atoms with van der Waals surface area (Å²) >= 11 is 2.24. The third-order valence-electron chi connectivity index (χ3n) is 7.65. The Balaban J connectivity index is 0.000000132. The van der Waals surface area contributed by atoms with E-state index in [2.05, 4.69) is 80.6 Å². The summed E-state index contributed by atoms with van der Waals surface area (Å²) in [7, 11) is -1.32. The fourth-order valence-electron chi connectivity index (χ4n) is 5.35. The SMILES string of the molecule is C[Si](C)(C)C#Cc1ccc2c(c1)CC(=O)N2.O=C1Cc2cc(C3=CN(c4ccccc4)NN3)ccc2N1.O=C1Cc2cc(I)ccc2N1. The second-order valence-corrected chi connectivity index (χ2v) is 18.7. The number of benzene rings is 4. The van der Waals surface area contributed by atoms with Gasteiger partial charge in [-0.2, -0.15) is 0 Å². The van der Waals surface area contributed by atoms with Crippen LogP contribution in [0.3, 0.4) is 0 Å². The topological polar surface area (TPSA) is 115 Å². The molecule has 11 heteroatoms. The van der Waals surface area contributed by atoms with Gasteiger partial charge in [-0.1, -0.05) is 49.8 Å². The summed E-state index contributed by atoms with van der Waals surface area (Å²) in [6.07, 6.45) is 3.47. The highest BCUT2D eigenvalue weighted by atomic mass is 127. The molecule has 0 radical (unpaired) electrons. The van der Waals surface area contributed by atoms with Crippen LogP contribution in [-0.4, -0.2) is 25.8 Å². The molecule has 4 heterocycles. The Morgan fingerprint density at radius 1 is 0.688 bits per heavy atom. The van der Waals surface area contributed by atoms with E-state index in [4.69, 9.17) is 0 Å². The summed E-state index contributed by atoms with van der Waals surface area (Å²) in [5, 5.41) is 10.4. The van der Waals surface area contributed by atoms with Gasteiger partial charge in [-0.25, -0.2) is 0 Å². The van der Waals surface area contributed by atoms with Crippen molar-refractivity contribution in [3.05, 3.63) is 123 Å². The lowest BCUT2D eigenvalue weighted by molar-refractivity contribution is -0.115. The molecule has 0 aromatic heterocycles. The Morgan fingerprint density at radius 3 is 1.88 bits per heavy atom. The highest BCUT2D eigenvalue weighted by Crippen LogP contribution is 2.28. The Bertz CT molecular complexity index is 2010. The maximum atomic E-state index is 11.4. The van der Waals surface area contributed by atoms with Crippen LogP contribution in [0.4, 0.5) is 22.7 Å². The van der Waals surface area contributed by atoms with Gasteiger partial charge in [-0.15, -0.1) is 11.1 Å². The smallest absolute Gasteiger partial charge is 0.228 e. The monoisotopic (exact) mass is 766 g/mol. The van der Waals surface area contributed by atoms with E-state index in [-0.39, 0.29) is 17.7 Å². The Hall–Kier alpha value is -4.90. The molecular weight excluding hydrogens is 731 g/mol. The first-order chi connectivity index (χ1) is 23.0. The van der Waals surface area contributed by atoms with Gasteiger partial charge in [0.1, 0.15) is 8.07 Å². The normalized spacial score (nSPS) is 15.0. The zero-order valence-electron chi connectivity index (χ0n) is 26.8. The van der Waals surface area contributed by atoms with Crippen LogP contribution in [0.25, 0.3) is 5.70 Å². The van der Waals surface area contributed by atoms with Crippen molar-refractivity contribution < 1.29 is 14.4 Å². The molecule has 0 bridgehead atoms. The first-order valence-electron chi connectivity index (χ1n) is 15.5. The van der Waals surface area contributed by atoms with Crippen LogP contribution in [0.15, 0.2) is 91.1 Å². The second kappa shape index (κ2) is 14.1. The molecule has 0 aliphatic carbocycles. The van der Waals surface area contributed by atoms with Gasteiger partial charge in [0, 0.05) is 38.0 Å². The Labute approximate surface area is 294 Å². The van der Waals surface area contributed by atoms with Gasteiger partial charge in [0.05, 0.1) is 30.6 Å². The second-order valence-electron chi connectivity index (χ2n) is 12.7. The summed E-state index contributed by atoms with van der Waals surface area (Å²) in [6.45, 7) is 6.66. The van der Waals surface area contributed by atoms with E-state index >= 15 is 0 Å². The minimum Gasteiger partial charge on any atom is -0.326 e. The number of para-hydroxylation sites is 1. The number of carbonyl (C=O) groups is 3. The Morgan fingerprint density at radius 2 is 1.25 bits per heavy atom. The number of amides is 3. The van der Waals surface area contributed by atoms with E-state index in [1.165, 1.54) is 3.57 Å². The van der Waals surface area contributed by atoms with E-state index in [1.54, 1.807) is 0 Å². The molecule has 242 valence electrons. The van der Waals surface area contributed by atoms with Gasteiger partial charge < -0.3 is 21.4 Å². The quantitative estimate of drug-likeness (QED) is 0.0944. The lowest BCUT2D eigenvalue weighted by atomic mass is 10.1. The largest absolute Gasteiger partial charge is 0.326 e. The first-order valence-corrected chi connectivity index (χ1v) is 20.1. The van der Waals surface area contributed by atoms with Crippen LogP contribution in [-0.2, 0) is 33.6 Å². The minimum absolute atomic E-state index is 0.0551. The fraction of sp³-hybridized carbons (Fsp3) is 0.162. The van der Waals surface area contributed by atoms with Gasteiger partial charge >= 0.3 is 0 Å². The summed E-state index contributed by atoms with van der Waals surface area (Å²) in [5.74, 6) is 3.43. The maximum Gasteiger partial charge on any atom is 0.228 e. The van der Waals surface area contributed by atoms with Crippen LogP contribution >= 0.6 is 22.6 Å². The summed E-state index contributed by atoms with van der Waals surface area (Å²) < 4.78 is 1.18. The van der Waals surface area contributed by atoms with Crippen molar-refractivity contribution >= 4 is 76.8 Å². The minimum atomic E-state index is -1.32. The van der Waals surface area contributed by atoms with Gasteiger partial charge in [-0.3, -0.25) is 19.4 Å². The van der Waals surface area contributed by atoms with Crippen LogP contribution in [0, 0.1) is 15.0 Å². The van der Waals surface area contributed by atoms with Crippen molar-refractivity contribution in [2.45, 2.75) is 38.9 Å². The predicted molar refractivity (Wildman–Crippen MR) is 202 cm³/mol. The molecule has 0 unspecified atom stereocenters. The highest BCUT2D eigenvalue weighted by molar-refractivity contribution is 14.1. The molecule has 5 N–H and O–H groups in total. The van der Waals surface area contributed by atoms with Gasteiger partial charge in [0.15, 0.2) is 0 Å². The summed E-state index contributed by atoms with van der Waals surface area (Å²) in [6, 6.07) is 27.9. The molecule has 0 fully saturated rings. The van der Waals surface area contributed by atoms with Crippen LogP contribution in [0.2, 0.25) is 19.6 Å². The standard InChI is InChI=1S/C16H14N4O.C13H15NOSi.C8H6INO/c21-16-9-12-8-11(6-7-14(12)17-16)15-10-20(19-18-15)13-4-2-1-3-5-13;1-16(2,3)7-6-10-4-5-12-11(8-10)9-13(15)14-12;9-6-1-2-7-5(3-6)4-8(11)10-7/h1-8,10,18-19H,9H2,(H,17,21);4-5,8H,9H2,1-3H3,(H,14,15);1-3H,4H2,(H,10,11).